The SMILES string of the molecule is CCCC(NC(=O)c1ccc2oc3ccccc3c2c1)N1CC=C(c2ccccc2)CC1.Cl. The van der Waals surface area contributed by atoms with Crippen molar-refractivity contribution < 1.29 is 9.21 Å². The standard InChI is InChI=1S/C28H28N2O2.ClH/c1-2-8-27(30-17-15-21(16-18-30)20-9-4-3-5-10-20)29-28(31)22-13-14-26-24(19-22)23-11-6-7-12-25(23)32-26;/h3-7,9-15,19,27H,2,8,16-18H2,1H3,(H,29,31);1H. The molecule has 5 heteroatoms. The van der Waals surface area contributed by atoms with E-state index in [1.54, 1.807) is 0 Å². The number of carbonyl (C=O) groups excluding carboxylic acids is 1. The van der Waals surface area contributed by atoms with Crippen LogP contribution in [0.15, 0.2) is 83.3 Å². The molecule has 1 unspecified atom stereocenters. The number of nitrogens with zero attached hydrogens (tertiary/aromatic N) is 1. The first kappa shape index (κ1) is 23.1. The minimum absolute atomic E-state index is 0. The Balaban J connectivity index is 0.00000259. The van der Waals surface area contributed by atoms with Gasteiger partial charge in [0, 0.05) is 29.4 Å². The van der Waals surface area contributed by atoms with Crippen LogP contribution >= 0.6 is 12.4 Å². The number of carbonyl (C=O) groups is 1. The largest absolute Gasteiger partial charge is 0.456 e. The molecule has 2 heterocycles. The first-order chi connectivity index (χ1) is 15.7. The first-order valence-corrected chi connectivity index (χ1v) is 11.4. The van der Waals surface area contributed by atoms with Gasteiger partial charge in [0.25, 0.3) is 5.91 Å². The molecule has 0 radical (unpaired) electrons. The van der Waals surface area contributed by atoms with Gasteiger partial charge in [-0.05, 0) is 48.2 Å². The summed E-state index contributed by atoms with van der Waals surface area (Å²) in [5.74, 6) is -0.0338. The highest BCUT2D eigenvalue weighted by molar-refractivity contribution is 6.08. The highest BCUT2D eigenvalue weighted by Crippen LogP contribution is 2.29. The van der Waals surface area contributed by atoms with E-state index in [4.69, 9.17) is 4.42 Å². The van der Waals surface area contributed by atoms with Gasteiger partial charge in [-0.1, -0.05) is 68.0 Å². The van der Waals surface area contributed by atoms with Gasteiger partial charge >= 0.3 is 0 Å². The van der Waals surface area contributed by atoms with Crippen LogP contribution in [0.4, 0.5) is 0 Å². The van der Waals surface area contributed by atoms with Crippen molar-refractivity contribution in [3.8, 4) is 0 Å². The molecule has 33 heavy (non-hydrogen) atoms. The molecule has 0 aliphatic carbocycles. The molecule has 1 atom stereocenters. The highest BCUT2D eigenvalue weighted by Gasteiger charge is 2.23. The van der Waals surface area contributed by atoms with E-state index in [9.17, 15) is 4.79 Å². The van der Waals surface area contributed by atoms with E-state index in [-0.39, 0.29) is 24.5 Å². The van der Waals surface area contributed by atoms with Crippen LogP contribution < -0.4 is 5.32 Å². The number of furan rings is 1. The van der Waals surface area contributed by atoms with Crippen LogP contribution in [-0.4, -0.2) is 30.1 Å². The maximum Gasteiger partial charge on any atom is 0.252 e. The fourth-order valence-electron chi connectivity index (χ4n) is 4.60. The Morgan fingerprint density at radius 2 is 1.76 bits per heavy atom. The molecule has 1 aliphatic rings. The van der Waals surface area contributed by atoms with Crippen LogP contribution in [0, 0.1) is 0 Å². The van der Waals surface area contributed by atoms with E-state index < -0.39 is 0 Å². The fourth-order valence-corrected chi connectivity index (χ4v) is 4.60. The minimum atomic E-state index is -0.0338. The van der Waals surface area contributed by atoms with Crippen LogP contribution in [-0.2, 0) is 0 Å². The highest BCUT2D eigenvalue weighted by atomic mass is 35.5. The number of nitrogens with one attached hydrogen (secondary N) is 1. The van der Waals surface area contributed by atoms with Crippen molar-refractivity contribution in [1.29, 1.82) is 0 Å². The molecule has 0 saturated heterocycles. The molecule has 3 aromatic carbocycles. The Kier molecular flexibility index (Phi) is 7.17. The van der Waals surface area contributed by atoms with Crippen molar-refractivity contribution in [2.75, 3.05) is 13.1 Å². The average Bonchev–Trinajstić information content (AvgIpc) is 3.22. The second-order valence-corrected chi connectivity index (χ2v) is 8.43. The Hall–Kier alpha value is -3.08. The van der Waals surface area contributed by atoms with E-state index in [2.05, 4.69) is 53.5 Å². The zero-order chi connectivity index (χ0) is 21.9. The van der Waals surface area contributed by atoms with Gasteiger partial charge in [-0.3, -0.25) is 9.69 Å². The monoisotopic (exact) mass is 460 g/mol. The molecule has 5 rings (SSSR count). The number of fused-ring (bicyclic) bond motifs is 3. The number of para-hydroxylation sites is 1. The zero-order valence-electron chi connectivity index (χ0n) is 18.8. The molecular weight excluding hydrogens is 432 g/mol. The lowest BCUT2D eigenvalue weighted by Crippen LogP contribution is -2.49. The van der Waals surface area contributed by atoms with Gasteiger partial charge in [0.1, 0.15) is 11.2 Å². The lowest BCUT2D eigenvalue weighted by Gasteiger charge is -2.34. The molecule has 1 N–H and O–H groups in total. The molecule has 4 aromatic rings. The third kappa shape index (κ3) is 4.82. The van der Waals surface area contributed by atoms with Crippen LogP contribution in [0.5, 0.6) is 0 Å². The van der Waals surface area contributed by atoms with Crippen LogP contribution in [0.25, 0.3) is 27.5 Å². The Labute approximate surface area is 200 Å². The number of benzene rings is 3. The van der Waals surface area contributed by atoms with Gasteiger partial charge in [-0.25, -0.2) is 0 Å². The summed E-state index contributed by atoms with van der Waals surface area (Å²) in [4.78, 5) is 15.6. The van der Waals surface area contributed by atoms with Crippen molar-refractivity contribution in [3.05, 3.63) is 90.0 Å². The van der Waals surface area contributed by atoms with Crippen molar-refractivity contribution in [1.82, 2.24) is 10.2 Å². The Bertz CT molecular complexity index is 1280. The lowest BCUT2D eigenvalue weighted by molar-refractivity contribution is 0.0849. The van der Waals surface area contributed by atoms with Crippen molar-refractivity contribution in [3.63, 3.8) is 0 Å². The molecule has 1 aromatic heterocycles. The van der Waals surface area contributed by atoms with Gasteiger partial charge in [-0.15, -0.1) is 12.4 Å². The summed E-state index contributed by atoms with van der Waals surface area (Å²) in [5, 5.41) is 5.31. The zero-order valence-corrected chi connectivity index (χ0v) is 19.6. The number of halogens is 1. The third-order valence-corrected chi connectivity index (χ3v) is 6.32. The molecule has 0 bridgehead atoms. The Morgan fingerprint density at radius 1 is 1.00 bits per heavy atom. The number of hydrogen-bond donors (Lipinski definition) is 1. The van der Waals surface area contributed by atoms with Gasteiger partial charge in [-0.2, -0.15) is 0 Å². The molecule has 0 fully saturated rings. The summed E-state index contributed by atoms with van der Waals surface area (Å²) in [7, 11) is 0. The quantitative estimate of drug-likeness (QED) is 0.350. The molecule has 170 valence electrons. The molecule has 1 aliphatic heterocycles. The number of hydrogen-bond acceptors (Lipinski definition) is 3. The second kappa shape index (κ2) is 10.2. The molecule has 0 saturated carbocycles. The first-order valence-electron chi connectivity index (χ1n) is 11.4. The minimum Gasteiger partial charge on any atom is -0.456 e. The van der Waals surface area contributed by atoms with E-state index in [0.29, 0.717) is 5.56 Å². The van der Waals surface area contributed by atoms with Crippen molar-refractivity contribution >= 4 is 45.8 Å². The maximum atomic E-state index is 13.2. The Morgan fingerprint density at radius 3 is 2.52 bits per heavy atom. The summed E-state index contributed by atoms with van der Waals surface area (Å²) >= 11 is 0. The number of amides is 1. The summed E-state index contributed by atoms with van der Waals surface area (Å²) in [5.41, 5.74) is 5.01. The van der Waals surface area contributed by atoms with E-state index >= 15 is 0 Å². The summed E-state index contributed by atoms with van der Waals surface area (Å²) in [6.07, 6.45) is 5.27. The van der Waals surface area contributed by atoms with E-state index in [1.165, 1.54) is 11.1 Å². The predicted molar refractivity (Wildman–Crippen MR) is 138 cm³/mol. The van der Waals surface area contributed by atoms with E-state index in [0.717, 1.165) is 54.3 Å². The maximum absolute atomic E-state index is 13.2. The third-order valence-electron chi connectivity index (χ3n) is 6.32. The van der Waals surface area contributed by atoms with Crippen LogP contribution in [0.1, 0.15) is 42.1 Å². The molecular formula is C28H29ClN2O2. The summed E-state index contributed by atoms with van der Waals surface area (Å²) < 4.78 is 5.90. The lowest BCUT2D eigenvalue weighted by atomic mass is 9.99. The normalized spacial score (nSPS) is 15.1. The summed E-state index contributed by atoms with van der Waals surface area (Å²) in [6, 6.07) is 24.2. The van der Waals surface area contributed by atoms with E-state index in [1.807, 2.05) is 42.5 Å². The van der Waals surface area contributed by atoms with Gasteiger partial charge in [0.2, 0.25) is 0 Å². The summed E-state index contributed by atoms with van der Waals surface area (Å²) in [6.45, 7) is 3.95. The molecule has 0 spiro atoms. The van der Waals surface area contributed by atoms with Gasteiger partial charge in [0.05, 0.1) is 6.17 Å². The topological polar surface area (TPSA) is 45.5 Å². The second-order valence-electron chi connectivity index (χ2n) is 8.43. The number of rotatable bonds is 6. The van der Waals surface area contributed by atoms with Crippen molar-refractivity contribution in [2.45, 2.75) is 32.4 Å². The van der Waals surface area contributed by atoms with Crippen LogP contribution in [0.2, 0.25) is 0 Å². The van der Waals surface area contributed by atoms with Gasteiger partial charge < -0.3 is 9.73 Å². The van der Waals surface area contributed by atoms with Gasteiger partial charge in [0.15, 0.2) is 0 Å². The molecule has 4 nitrogen and oxygen atoms in total. The average molecular weight is 461 g/mol. The van der Waals surface area contributed by atoms with Crippen LogP contribution in [0.3, 0.4) is 0 Å². The van der Waals surface area contributed by atoms with Crippen molar-refractivity contribution in [2.24, 2.45) is 0 Å². The predicted octanol–water partition coefficient (Wildman–Crippen LogP) is 6.65. The smallest absolute Gasteiger partial charge is 0.252 e. The molecule has 1 amide bonds. The fraction of sp³-hybridized carbons (Fsp3) is 0.250.